The average molecular weight is 253 g/mol. The number of hydrazine groups is 1. The summed E-state index contributed by atoms with van der Waals surface area (Å²) in [6.07, 6.45) is 8.13. The van der Waals surface area contributed by atoms with Gasteiger partial charge in [0, 0.05) is 12.1 Å². The SMILES string of the molecule is CC(C(=O)NN)C(C)N1CCCC1C1CCCC1. The highest BCUT2D eigenvalue weighted by Crippen LogP contribution is 2.37. The smallest absolute Gasteiger partial charge is 0.238 e. The number of nitrogens with one attached hydrogen (secondary N) is 1. The zero-order valence-electron chi connectivity index (χ0n) is 11.7. The van der Waals surface area contributed by atoms with Gasteiger partial charge in [-0.3, -0.25) is 15.1 Å². The van der Waals surface area contributed by atoms with E-state index in [-0.39, 0.29) is 11.8 Å². The Bertz CT molecular complexity index is 289. The molecule has 0 aromatic carbocycles. The highest BCUT2D eigenvalue weighted by molar-refractivity contribution is 5.78. The maximum Gasteiger partial charge on any atom is 0.238 e. The predicted molar refractivity (Wildman–Crippen MR) is 72.6 cm³/mol. The Balaban J connectivity index is 1.99. The summed E-state index contributed by atoms with van der Waals surface area (Å²) in [7, 11) is 0. The number of rotatable bonds is 4. The van der Waals surface area contributed by atoms with Gasteiger partial charge < -0.3 is 0 Å². The number of nitrogens with zero attached hydrogens (tertiary/aromatic N) is 1. The van der Waals surface area contributed by atoms with Crippen LogP contribution in [0.25, 0.3) is 0 Å². The molecule has 0 radical (unpaired) electrons. The molecule has 0 aromatic heterocycles. The van der Waals surface area contributed by atoms with Crippen molar-refractivity contribution in [2.75, 3.05) is 6.54 Å². The van der Waals surface area contributed by atoms with Crippen LogP contribution < -0.4 is 11.3 Å². The third kappa shape index (κ3) is 2.69. The maximum absolute atomic E-state index is 11.7. The van der Waals surface area contributed by atoms with Crippen LogP contribution in [0.4, 0.5) is 0 Å². The van der Waals surface area contributed by atoms with E-state index in [2.05, 4.69) is 17.2 Å². The quantitative estimate of drug-likeness (QED) is 0.455. The Morgan fingerprint density at radius 3 is 2.50 bits per heavy atom. The van der Waals surface area contributed by atoms with E-state index in [1.165, 1.54) is 38.5 Å². The molecule has 0 aromatic rings. The number of hydrogen-bond donors (Lipinski definition) is 2. The van der Waals surface area contributed by atoms with E-state index in [1.807, 2.05) is 6.92 Å². The van der Waals surface area contributed by atoms with E-state index >= 15 is 0 Å². The molecule has 1 heterocycles. The van der Waals surface area contributed by atoms with Crippen molar-refractivity contribution in [1.82, 2.24) is 10.3 Å². The second kappa shape index (κ2) is 6.02. The van der Waals surface area contributed by atoms with Gasteiger partial charge in [0.25, 0.3) is 0 Å². The summed E-state index contributed by atoms with van der Waals surface area (Å²) in [6, 6.07) is 0.997. The fourth-order valence-corrected chi connectivity index (χ4v) is 3.81. The number of hydrogen-bond acceptors (Lipinski definition) is 3. The maximum atomic E-state index is 11.7. The lowest BCUT2D eigenvalue weighted by Gasteiger charge is -2.36. The molecule has 4 nitrogen and oxygen atoms in total. The fourth-order valence-electron chi connectivity index (χ4n) is 3.81. The molecule has 18 heavy (non-hydrogen) atoms. The number of likely N-dealkylation sites (tertiary alicyclic amines) is 1. The molecule has 1 saturated carbocycles. The molecule has 1 amide bonds. The van der Waals surface area contributed by atoms with Crippen LogP contribution in [-0.4, -0.2) is 29.4 Å². The average Bonchev–Trinajstić information content (AvgIpc) is 3.05. The van der Waals surface area contributed by atoms with Gasteiger partial charge in [-0.15, -0.1) is 0 Å². The van der Waals surface area contributed by atoms with Crippen LogP contribution in [0.2, 0.25) is 0 Å². The first-order valence-corrected chi connectivity index (χ1v) is 7.41. The lowest BCUT2D eigenvalue weighted by Crippen LogP contribution is -2.49. The summed E-state index contributed by atoms with van der Waals surface area (Å²) >= 11 is 0. The van der Waals surface area contributed by atoms with Gasteiger partial charge in [-0.25, -0.2) is 5.84 Å². The van der Waals surface area contributed by atoms with Gasteiger partial charge in [0.2, 0.25) is 5.91 Å². The molecule has 0 bridgehead atoms. The van der Waals surface area contributed by atoms with Crippen LogP contribution >= 0.6 is 0 Å². The lowest BCUT2D eigenvalue weighted by molar-refractivity contribution is -0.126. The van der Waals surface area contributed by atoms with E-state index in [0.717, 1.165) is 12.5 Å². The Hall–Kier alpha value is -0.610. The Morgan fingerprint density at radius 1 is 1.22 bits per heavy atom. The largest absolute Gasteiger partial charge is 0.297 e. The Morgan fingerprint density at radius 2 is 1.89 bits per heavy atom. The minimum atomic E-state index is -0.0421. The molecule has 2 rings (SSSR count). The fraction of sp³-hybridized carbons (Fsp3) is 0.929. The van der Waals surface area contributed by atoms with Crippen molar-refractivity contribution in [2.24, 2.45) is 17.7 Å². The van der Waals surface area contributed by atoms with E-state index in [0.29, 0.717) is 12.1 Å². The summed E-state index contributed by atoms with van der Waals surface area (Å²) in [4.78, 5) is 14.2. The molecule has 3 unspecified atom stereocenters. The van der Waals surface area contributed by atoms with Gasteiger partial charge in [-0.1, -0.05) is 19.8 Å². The number of nitrogens with two attached hydrogens (primary N) is 1. The van der Waals surface area contributed by atoms with Crippen molar-refractivity contribution in [3.8, 4) is 0 Å². The van der Waals surface area contributed by atoms with Gasteiger partial charge >= 0.3 is 0 Å². The summed E-state index contributed by atoms with van der Waals surface area (Å²) < 4.78 is 0. The summed E-state index contributed by atoms with van der Waals surface area (Å²) in [6.45, 7) is 5.30. The summed E-state index contributed by atoms with van der Waals surface area (Å²) in [5.41, 5.74) is 2.29. The highest BCUT2D eigenvalue weighted by atomic mass is 16.2. The van der Waals surface area contributed by atoms with Crippen LogP contribution in [-0.2, 0) is 4.79 Å². The van der Waals surface area contributed by atoms with Crippen molar-refractivity contribution in [3.05, 3.63) is 0 Å². The number of carbonyl (C=O) groups is 1. The van der Waals surface area contributed by atoms with Gasteiger partial charge in [-0.05, 0) is 45.1 Å². The van der Waals surface area contributed by atoms with Crippen molar-refractivity contribution in [3.63, 3.8) is 0 Å². The topological polar surface area (TPSA) is 58.4 Å². The zero-order chi connectivity index (χ0) is 13.1. The van der Waals surface area contributed by atoms with Gasteiger partial charge in [-0.2, -0.15) is 0 Å². The Labute approximate surface area is 110 Å². The van der Waals surface area contributed by atoms with Crippen LogP contribution in [0.1, 0.15) is 52.4 Å². The second-order valence-electron chi connectivity index (χ2n) is 6.03. The van der Waals surface area contributed by atoms with Gasteiger partial charge in [0.1, 0.15) is 0 Å². The van der Waals surface area contributed by atoms with Crippen molar-refractivity contribution in [1.29, 1.82) is 0 Å². The lowest BCUT2D eigenvalue weighted by atomic mass is 9.93. The van der Waals surface area contributed by atoms with Crippen molar-refractivity contribution >= 4 is 5.91 Å². The molecule has 1 aliphatic heterocycles. The summed E-state index contributed by atoms with van der Waals surface area (Å²) in [5.74, 6) is 6.04. The molecule has 1 saturated heterocycles. The second-order valence-corrected chi connectivity index (χ2v) is 6.03. The molecule has 3 N–H and O–H groups in total. The van der Waals surface area contributed by atoms with Crippen molar-refractivity contribution < 1.29 is 4.79 Å². The standard InChI is InChI=1S/C14H27N3O/c1-10(14(18)16-15)11(2)17-9-5-8-13(17)12-6-3-4-7-12/h10-13H,3-9,15H2,1-2H3,(H,16,18). The molecule has 3 atom stereocenters. The normalized spacial score (nSPS) is 29.4. The minimum absolute atomic E-state index is 0.0306. The van der Waals surface area contributed by atoms with Gasteiger partial charge in [0.15, 0.2) is 0 Å². The third-order valence-corrected chi connectivity index (χ3v) is 5.09. The number of amides is 1. The molecule has 1 aliphatic carbocycles. The predicted octanol–water partition coefficient (Wildman–Crippen LogP) is 1.66. The van der Waals surface area contributed by atoms with Crippen LogP contribution in [0.3, 0.4) is 0 Å². The minimum Gasteiger partial charge on any atom is -0.297 e. The van der Waals surface area contributed by atoms with E-state index in [4.69, 9.17) is 5.84 Å². The molecule has 0 spiro atoms. The zero-order valence-corrected chi connectivity index (χ0v) is 11.7. The molecule has 2 fully saturated rings. The molecular weight excluding hydrogens is 226 g/mol. The molecular formula is C14H27N3O. The first kappa shape index (κ1) is 13.8. The van der Waals surface area contributed by atoms with E-state index < -0.39 is 0 Å². The molecule has 4 heteroatoms. The van der Waals surface area contributed by atoms with Crippen LogP contribution in [0, 0.1) is 11.8 Å². The first-order chi connectivity index (χ1) is 8.65. The van der Waals surface area contributed by atoms with Crippen molar-refractivity contribution in [2.45, 2.75) is 64.5 Å². The third-order valence-electron chi connectivity index (χ3n) is 5.09. The summed E-state index contributed by atoms with van der Waals surface area (Å²) in [5, 5.41) is 0. The van der Waals surface area contributed by atoms with Crippen LogP contribution in [0.15, 0.2) is 0 Å². The monoisotopic (exact) mass is 253 g/mol. The van der Waals surface area contributed by atoms with Gasteiger partial charge in [0.05, 0.1) is 5.92 Å². The highest BCUT2D eigenvalue weighted by Gasteiger charge is 2.38. The van der Waals surface area contributed by atoms with Crippen LogP contribution in [0.5, 0.6) is 0 Å². The first-order valence-electron chi connectivity index (χ1n) is 7.41. The molecule has 2 aliphatic rings. The van der Waals surface area contributed by atoms with E-state index in [1.54, 1.807) is 0 Å². The Kier molecular flexibility index (Phi) is 4.62. The van der Waals surface area contributed by atoms with E-state index in [9.17, 15) is 4.79 Å². The number of carbonyl (C=O) groups excluding carboxylic acids is 1. The molecule has 104 valence electrons.